The Morgan fingerprint density at radius 3 is 2.68 bits per heavy atom. The quantitative estimate of drug-likeness (QED) is 0.884. The van der Waals surface area contributed by atoms with E-state index < -0.39 is 17.7 Å². The highest BCUT2D eigenvalue weighted by molar-refractivity contribution is 5.89. The molecule has 1 aliphatic carbocycles. The average Bonchev–Trinajstić information content (AvgIpc) is 2.86. The lowest BCUT2D eigenvalue weighted by molar-refractivity contribution is -0.137. The largest absolute Gasteiger partial charge is 0.416 e. The van der Waals surface area contributed by atoms with Gasteiger partial charge in [0.15, 0.2) is 0 Å². The highest BCUT2D eigenvalue weighted by Crippen LogP contribution is 2.30. The Kier molecular flexibility index (Phi) is 5.01. The SMILES string of the molecule is O=C(NCC1CCC1)[C@@H]1CC(=O)N(Cc2cccc(C(F)(F)F)c2)C1. The van der Waals surface area contributed by atoms with E-state index in [4.69, 9.17) is 0 Å². The maximum atomic E-state index is 12.8. The van der Waals surface area contributed by atoms with Gasteiger partial charge in [0.25, 0.3) is 0 Å². The molecule has 2 fully saturated rings. The molecule has 0 spiro atoms. The number of carbonyl (C=O) groups is 2. The molecule has 2 amide bonds. The molecule has 7 heteroatoms. The first-order valence-electron chi connectivity index (χ1n) is 8.54. The third-order valence-electron chi connectivity index (χ3n) is 5.00. The fourth-order valence-corrected chi connectivity index (χ4v) is 3.25. The van der Waals surface area contributed by atoms with Crippen molar-refractivity contribution in [3.05, 3.63) is 35.4 Å². The van der Waals surface area contributed by atoms with Gasteiger partial charge < -0.3 is 10.2 Å². The molecule has 25 heavy (non-hydrogen) atoms. The first-order chi connectivity index (χ1) is 11.8. The van der Waals surface area contributed by atoms with Gasteiger partial charge in [-0.25, -0.2) is 0 Å². The van der Waals surface area contributed by atoms with Crippen LogP contribution >= 0.6 is 0 Å². The normalized spacial score (nSPS) is 21.3. The Morgan fingerprint density at radius 1 is 1.28 bits per heavy atom. The van der Waals surface area contributed by atoms with Crippen LogP contribution in [0.3, 0.4) is 0 Å². The number of benzene rings is 1. The smallest absolute Gasteiger partial charge is 0.356 e. The Bertz CT molecular complexity index is 656. The summed E-state index contributed by atoms with van der Waals surface area (Å²) in [7, 11) is 0. The van der Waals surface area contributed by atoms with Crippen LogP contribution in [0.4, 0.5) is 13.2 Å². The van der Waals surface area contributed by atoms with E-state index in [9.17, 15) is 22.8 Å². The van der Waals surface area contributed by atoms with Crippen LogP contribution in [0.25, 0.3) is 0 Å². The van der Waals surface area contributed by atoms with Gasteiger partial charge in [0.05, 0.1) is 11.5 Å². The van der Waals surface area contributed by atoms with Crippen molar-refractivity contribution in [2.45, 2.75) is 38.4 Å². The van der Waals surface area contributed by atoms with Crippen LogP contribution in [0.1, 0.15) is 36.8 Å². The van der Waals surface area contributed by atoms with E-state index in [2.05, 4.69) is 5.32 Å². The Labute approximate surface area is 144 Å². The molecule has 3 rings (SSSR count). The van der Waals surface area contributed by atoms with Gasteiger partial charge in [0, 0.05) is 26.1 Å². The zero-order valence-corrected chi connectivity index (χ0v) is 13.8. The Morgan fingerprint density at radius 2 is 2.04 bits per heavy atom. The highest BCUT2D eigenvalue weighted by atomic mass is 19.4. The summed E-state index contributed by atoms with van der Waals surface area (Å²) in [5.41, 5.74) is -0.315. The van der Waals surface area contributed by atoms with Gasteiger partial charge in [0.2, 0.25) is 11.8 Å². The van der Waals surface area contributed by atoms with Crippen molar-refractivity contribution < 1.29 is 22.8 Å². The van der Waals surface area contributed by atoms with Gasteiger partial charge in [-0.05, 0) is 36.5 Å². The molecule has 1 aliphatic heterocycles. The van der Waals surface area contributed by atoms with Crippen molar-refractivity contribution in [2.24, 2.45) is 11.8 Å². The molecule has 1 atom stereocenters. The molecule has 136 valence electrons. The maximum Gasteiger partial charge on any atom is 0.416 e. The summed E-state index contributed by atoms with van der Waals surface area (Å²) >= 11 is 0. The van der Waals surface area contributed by atoms with E-state index >= 15 is 0 Å². The molecule has 0 aromatic heterocycles. The monoisotopic (exact) mass is 354 g/mol. The first-order valence-corrected chi connectivity index (χ1v) is 8.54. The van der Waals surface area contributed by atoms with Gasteiger partial charge in [0.1, 0.15) is 0 Å². The molecule has 0 unspecified atom stereocenters. The molecule has 4 nitrogen and oxygen atoms in total. The van der Waals surface area contributed by atoms with Crippen LogP contribution in [0, 0.1) is 11.8 Å². The molecular formula is C18H21F3N2O2. The molecule has 1 saturated carbocycles. The average molecular weight is 354 g/mol. The van der Waals surface area contributed by atoms with Crippen LogP contribution in [0.5, 0.6) is 0 Å². The molecule has 1 aromatic carbocycles. The second-order valence-corrected chi connectivity index (χ2v) is 6.92. The first kappa shape index (κ1) is 17.8. The van der Waals surface area contributed by atoms with E-state index in [1.807, 2.05) is 0 Å². The van der Waals surface area contributed by atoms with Gasteiger partial charge in [-0.3, -0.25) is 9.59 Å². The lowest BCUT2D eigenvalue weighted by Gasteiger charge is -2.26. The number of nitrogens with zero attached hydrogens (tertiary/aromatic N) is 1. The summed E-state index contributed by atoms with van der Waals surface area (Å²) in [4.78, 5) is 25.7. The van der Waals surface area contributed by atoms with Crippen molar-refractivity contribution in [1.82, 2.24) is 10.2 Å². The number of amides is 2. The molecule has 0 bridgehead atoms. The Hall–Kier alpha value is -2.05. The summed E-state index contributed by atoms with van der Waals surface area (Å²) < 4.78 is 38.3. The molecule has 2 aliphatic rings. The number of hydrogen-bond acceptors (Lipinski definition) is 2. The zero-order valence-electron chi connectivity index (χ0n) is 13.8. The summed E-state index contributed by atoms with van der Waals surface area (Å²) in [5, 5.41) is 2.89. The number of halogens is 3. The lowest BCUT2D eigenvalue weighted by Crippen LogP contribution is -2.37. The molecule has 1 aromatic rings. The van der Waals surface area contributed by atoms with Gasteiger partial charge in [-0.2, -0.15) is 13.2 Å². The van der Waals surface area contributed by atoms with E-state index in [-0.39, 0.29) is 31.3 Å². The molecule has 1 heterocycles. The van der Waals surface area contributed by atoms with Gasteiger partial charge >= 0.3 is 6.18 Å². The minimum Gasteiger partial charge on any atom is -0.356 e. The van der Waals surface area contributed by atoms with E-state index in [1.165, 1.54) is 17.4 Å². The maximum absolute atomic E-state index is 12.8. The Balaban J connectivity index is 1.56. The van der Waals surface area contributed by atoms with Crippen molar-refractivity contribution in [2.75, 3.05) is 13.1 Å². The van der Waals surface area contributed by atoms with Crippen LogP contribution < -0.4 is 5.32 Å². The van der Waals surface area contributed by atoms with Crippen LogP contribution in [-0.4, -0.2) is 29.8 Å². The highest BCUT2D eigenvalue weighted by Gasteiger charge is 2.35. The number of rotatable bonds is 5. The topological polar surface area (TPSA) is 49.4 Å². The predicted molar refractivity (Wildman–Crippen MR) is 85.3 cm³/mol. The predicted octanol–water partition coefficient (Wildman–Crippen LogP) is 2.97. The lowest BCUT2D eigenvalue weighted by atomic mass is 9.85. The van der Waals surface area contributed by atoms with Crippen molar-refractivity contribution in [1.29, 1.82) is 0 Å². The molecule has 1 N–H and O–H groups in total. The summed E-state index contributed by atoms with van der Waals surface area (Å²) in [6.45, 7) is 0.998. The molecule has 0 radical (unpaired) electrons. The standard InChI is InChI=1S/C18H21F3N2O2/c19-18(20,21)15-6-2-5-13(7-15)10-23-11-14(8-16(23)24)17(25)22-9-12-3-1-4-12/h2,5-7,12,14H,1,3-4,8-11H2,(H,22,25)/t14-/m1/s1. The number of carbonyl (C=O) groups excluding carboxylic acids is 2. The fraction of sp³-hybridized carbons (Fsp3) is 0.556. The minimum absolute atomic E-state index is 0.0924. The number of likely N-dealkylation sites (tertiary alicyclic amines) is 1. The van der Waals surface area contributed by atoms with Gasteiger partial charge in [-0.1, -0.05) is 18.6 Å². The van der Waals surface area contributed by atoms with E-state index in [0.29, 0.717) is 18.0 Å². The summed E-state index contributed by atoms with van der Waals surface area (Å²) in [6, 6.07) is 4.96. The van der Waals surface area contributed by atoms with Crippen molar-refractivity contribution in [3.63, 3.8) is 0 Å². The van der Waals surface area contributed by atoms with Crippen LogP contribution in [0.15, 0.2) is 24.3 Å². The summed E-state index contributed by atoms with van der Waals surface area (Å²) in [5.74, 6) is -0.200. The van der Waals surface area contributed by atoms with Crippen molar-refractivity contribution >= 4 is 11.8 Å². The third kappa shape index (κ3) is 4.32. The number of nitrogens with one attached hydrogen (secondary N) is 1. The van der Waals surface area contributed by atoms with E-state index in [0.717, 1.165) is 25.0 Å². The zero-order chi connectivity index (χ0) is 18.0. The van der Waals surface area contributed by atoms with Crippen LogP contribution in [-0.2, 0) is 22.3 Å². The minimum atomic E-state index is -4.41. The van der Waals surface area contributed by atoms with Gasteiger partial charge in [-0.15, -0.1) is 0 Å². The second-order valence-electron chi connectivity index (χ2n) is 6.92. The van der Waals surface area contributed by atoms with E-state index in [1.54, 1.807) is 6.07 Å². The molecule has 1 saturated heterocycles. The number of alkyl halides is 3. The fourth-order valence-electron chi connectivity index (χ4n) is 3.25. The van der Waals surface area contributed by atoms with Crippen molar-refractivity contribution in [3.8, 4) is 0 Å². The summed E-state index contributed by atoms with van der Waals surface area (Å²) in [6.07, 6.45) is -0.825. The molecular weight excluding hydrogens is 333 g/mol. The van der Waals surface area contributed by atoms with Crippen LogP contribution in [0.2, 0.25) is 0 Å². The number of hydrogen-bond donors (Lipinski definition) is 1. The second kappa shape index (κ2) is 7.06. The third-order valence-corrected chi connectivity index (χ3v) is 5.00.